The third-order valence-electron chi connectivity index (χ3n) is 5.47. The highest BCUT2D eigenvalue weighted by Gasteiger charge is 2.36. The van der Waals surface area contributed by atoms with Crippen LogP contribution in [-0.2, 0) is 24.3 Å². The smallest absolute Gasteiger partial charge is 0.309 e. The molecule has 1 heterocycles. The lowest BCUT2D eigenvalue weighted by atomic mass is 10.1. The fourth-order valence-electron chi connectivity index (χ4n) is 3.84. The lowest BCUT2D eigenvalue weighted by molar-refractivity contribution is -0.140. The summed E-state index contributed by atoms with van der Waals surface area (Å²) < 4.78 is 59.7. The summed E-state index contributed by atoms with van der Waals surface area (Å²) >= 11 is 0. The Morgan fingerprint density at radius 2 is 1.77 bits per heavy atom. The predicted molar refractivity (Wildman–Crippen MR) is 107 cm³/mol. The van der Waals surface area contributed by atoms with E-state index in [1.807, 2.05) is 0 Å². The molecule has 1 aliphatic carbocycles. The van der Waals surface area contributed by atoms with Gasteiger partial charge in [0.1, 0.15) is 22.8 Å². The molecule has 0 aromatic heterocycles. The van der Waals surface area contributed by atoms with Crippen LogP contribution >= 0.6 is 0 Å². The molecule has 31 heavy (non-hydrogen) atoms. The first-order chi connectivity index (χ1) is 14.8. The quantitative estimate of drug-likeness (QED) is 0.515. The maximum atomic E-state index is 14.1. The number of ether oxygens (including phenoxy) is 1. The van der Waals surface area contributed by atoms with Crippen molar-refractivity contribution >= 4 is 21.8 Å². The maximum absolute atomic E-state index is 14.1. The molecule has 0 unspecified atom stereocenters. The van der Waals surface area contributed by atoms with Crippen LogP contribution in [0.3, 0.4) is 0 Å². The number of hydrogen-bond donors (Lipinski definition) is 2. The fraction of sp³-hybridized carbons (Fsp3) is 0.600. The molecule has 1 aromatic carbocycles. The number of amides is 2. The number of sulfonamides is 1. The molecule has 1 aliphatic heterocycles. The van der Waals surface area contributed by atoms with Gasteiger partial charge in [-0.25, -0.2) is 17.2 Å². The predicted octanol–water partition coefficient (Wildman–Crippen LogP) is 1.66. The van der Waals surface area contributed by atoms with Crippen molar-refractivity contribution in [1.82, 2.24) is 14.9 Å². The summed E-state index contributed by atoms with van der Waals surface area (Å²) in [5.41, 5.74) is 0. The highest BCUT2D eigenvalue weighted by Crippen LogP contribution is 2.25. The van der Waals surface area contributed by atoms with Crippen molar-refractivity contribution in [3.63, 3.8) is 0 Å². The second-order valence-corrected chi connectivity index (χ2v) is 9.60. The summed E-state index contributed by atoms with van der Waals surface area (Å²) in [6, 6.07) is 2.11. The van der Waals surface area contributed by atoms with Gasteiger partial charge in [0.25, 0.3) is 0 Å². The molecule has 3 rings (SSSR count). The Hall–Kier alpha value is -2.11. The Labute approximate surface area is 180 Å². The summed E-state index contributed by atoms with van der Waals surface area (Å²) in [5.74, 6) is -3.66. The second-order valence-electron chi connectivity index (χ2n) is 7.74. The highest BCUT2D eigenvalue weighted by atomic mass is 32.2. The number of carbonyl (C=O) groups is 2. The molecule has 1 aromatic rings. The van der Waals surface area contributed by atoms with Gasteiger partial charge in [-0.15, -0.1) is 0 Å². The SMILES string of the molecule is O=C(NC[C@H]1OCCCN1S(=O)(=O)c1cc(F)ccc1F)C(=O)NC1CCCCCC1. The van der Waals surface area contributed by atoms with E-state index >= 15 is 0 Å². The molecule has 0 spiro atoms. The monoisotopic (exact) mass is 459 g/mol. The number of halogens is 2. The van der Waals surface area contributed by atoms with Crippen LogP contribution in [0.1, 0.15) is 44.9 Å². The van der Waals surface area contributed by atoms with Gasteiger partial charge in [0.05, 0.1) is 13.2 Å². The second kappa shape index (κ2) is 10.5. The normalized spacial score (nSPS) is 21.3. The van der Waals surface area contributed by atoms with Crippen molar-refractivity contribution in [3.8, 4) is 0 Å². The first-order valence-corrected chi connectivity index (χ1v) is 11.9. The third-order valence-corrected chi connectivity index (χ3v) is 7.37. The van der Waals surface area contributed by atoms with Gasteiger partial charge >= 0.3 is 11.8 Å². The molecule has 0 radical (unpaired) electrons. The zero-order valence-corrected chi connectivity index (χ0v) is 17.9. The van der Waals surface area contributed by atoms with Crippen molar-refractivity contribution in [2.45, 2.75) is 62.1 Å². The fourth-order valence-corrected chi connectivity index (χ4v) is 5.48. The van der Waals surface area contributed by atoms with Crippen LogP contribution in [0.2, 0.25) is 0 Å². The lowest BCUT2D eigenvalue weighted by Gasteiger charge is -2.34. The molecule has 1 saturated carbocycles. The minimum Gasteiger partial charge on any atom is -0.360 e. The van der Waals surface area contributed by atoms with Crippen LogP contribution in [0.4, 0.5) is 8.78 Å². The number of benzene rings is 1. The van der Waals surface area contributed by atoms with E-state index in [0.717, 1.165) is 55.0 Å². The standard InChI is InChI=1S/C20H27F2N3O5S/c21-14-8-9-16(22)17(12-14)31(28,29)25-10-5-11-30-18(25)13-23-19(26)20(27)24-15-6-3-1-2-4-7-15/h8-9,12,15,18H,1-7,10-11,13H2,(H,23,26)(H,24,27)/t18-/m1/s1. The zero-order valence-electron chi connectivity index (χ0n) is 17.1. The van der Waals surface area contributed by atoms with E-state index < -0.39 is 44.6 Å². The van der Waals surface area contributed by atoms with Crippen LogP contribution in [0, 0.1) is 11.6 Å². The minimum absolute atomic E-state index is 0.00704. The summed E-state index contributed by atoms with van der Waals surface area (Å²) in [6.07, 6.45) is 5.03. The van der Waals surface area contributed by atoms with E-state index in [-0.39, 0.29) is 25.7 Å². The van der Waals surface area contributed by atoms with E-state index in [1.54, 1.807) is 0 Å². The molecule has 2 fully saturated rings. The molecule has 1 atom stereocenters. The molecule has 172 valence electrons. The number of nitrogens with zero attached hydrogens (tertiary/aromatic N) is 1. The van der Waals surface area contributed by atoms with Crippen molar-refractivity contribution in [3.05, 3.63) is 29.8 Å². The molecule has 8 nitrogen and oxygen atoms in total. The Morgan fingerprint density at radius 1 is 1.06 bits per heavy atom. The molecule has 0 bridgehead atoms. The summed E-state index contributed by atoms with van der Waals surface area (Å²) in [6.45, 7) is -0.0629. The number of nitrogens with one attached hydrogen (secondary N) is 2. The molecule has 11 heteroatoms. The molecular weight excluding hydrogens is 432 g/mol. The van der Waals surface area contributed by atoms with E-state index in [0.29, 0.717) is 12.5 Å². The van der Waals surface area contributed by atoms with Gasteiger partial charge in [-0.1, -0.05) is 25.7 Å². The van der Waals surface area contributed by atoms with Crippen LogP contribution in [0.5, 0.6) is 0 Å². The van der Waals surface area contributed by atoms with Crippen molar-refractivity contribution in [2.24, 2.45) is 0 Å². The van der Waals surface area contributed by atoms with E-state index in [9.17, 15) is 26.8 Å². The van der Waals surface area contributed by atoms with Gasteiger partial charge in [-0.2, -0.15) is 4.31 Å². The van der Waals surface area contributed by atoms with Gasteiger partial charge < -0.3 is 15.4 Å². The van der Waals surface area contributed by atoms with Crippen LogP contribution < -0.4 is 10.6 Å². The summed E-state index contributed by atoms with van der Waals surface area (Å²) in [4.78, 5) is 23.6. The third kappa shape index (κ3) is 5.98. The number of rotatable bonds is 5. The van der Waals surface area contributed by atoms with Gasteiger partial charge in [0, 0.05) is 12.6 Å². The Balaban J connectivity index is 1.63. The molecule has 2 amide bonds. The molecule has 1 saturated heterocycles. The highest BCUT2D eigenvalue weighted by molar-refractivity contribution is 7.89. The molecule has 2 N–H and O–H groups in total. The maximum Gasteiger partial charge on any atom is 0.309 e. The van der Waals surface area contributed by atoms with Gasteiger partial charge in [0.2, 0.25) is 10.0 Å². The lowest BCUT2D eigenvalue weighted by Crippen LogP contribution is -2.53. The van der Waals surface area contributed by atoms with Crippen LogP contribution in [-0.4, -0.2) is 56.5 Å². The van der Waals surface area contributed by atoms with Gasteiger partial charge in [0.15, 0.2) is 0 Å². The van der Waals surface area contributed by atoms with Crippen molar-refractivity contribution < 1.29 is 31.5 Å². The Morgan fingerprint density at radius 3 is 2.48 bits per heavy atom. The van der Waals surface area contributed by atoms with Gasteiger partial charge in [-0.3, -0.25) is 9.59 Å². The van der Waals surface area contributed by atoms with E-state index in [2.05, 4.69) is 10.6 Å². The summed E-state index contributed by atoms with van der Waals surface area (Å²) in [7, 11) is -4.42. The minimum atomic E-state index is -4.42. The number of carbonyl (C=O) groups excluding carboxylic acids is 2. The average Bonchev–Trinajstić information content (AvgIpc) is 3.02. The summed E-state index contributed by atoms with van der Waals surface area (Å²) in [5, 5.41) is 5.10. The van der Waals surface area contributed by atoms with Crippen molar-refractivity contribution in [1.29, 1.82) is 0 Å². The Bertz CT molecular complexity index is 904. The largest absolute Gasteiger partial charge is 0.360 e. The van der Waals surface area contributed by atoms with E-state index in [1.165, 1.54) is 0 Å². The van der Waals surface area contributed by atoms with Crippen molar-refractivity contribution in [2.75, 3.05) is 19.7 Å². The molecule has 2 aliphatic rings. The first kappa shape index (κ1) is 23.6. The Kier molecular flexibility index (Phi) is 7.95. The molecular formula is C20H27F2N3O5S. The van der Waals surface area contributed by atoms with Crippen LogP contribution in [0.15, 0.2) is 23.1 Å². The van der Waals surface area contributed by atoms with E-state index in [4.69, 9.17) is 4.74 Å². The zero-order chi connectivity index (χ0) is 22.4. The topological polar surface area (TPSA) is 105 Å². The average molecular weight is 460 g/mol. The number of hydrogen-bond acceptors (Lipinski definition) is 5. The van der Waals surface area contributed by atoms with Gasteiger partial charge in [-0.05, 0) is 37.5 Å². The first-order valence-electron chi connectivity index (χ1n) is 10.5. The van der Waals surface area contributed by atoms with Crippen LogP contribution in [0.25, 0.3) is 0 Å².